The zero-order chi connectivity index (χ0) is 14.4. The number of nitrogens with zero attached hydrogens (tertiary/aromatic N) is 2. The molecular weight excluding hydrogens is 250 g/mol. The zero-order valence-electron chi connectivity index (χ0n) is 12.3. The van der Waals surface area contributed by atoms with Crippen LogP contribution in [0.5, 0.6) is 11.6 Å². The van der Waals surface area contributed by atoms with Crippen molar-refractivity contribution >= 4 is 0 Å². The highest BCUT2D eigenvalue weighted by molar-refractivity contribution is 5.35. The van der Waals surface area contributed by atoms with Crippen LogP contribution in [0.25, 0.3) is 0 Å². The second kappa shape index (κ2) is 7.01. The van der Waals surface area contributed by atoms with Crippen molar-refractivity contribution in [1.29, 1.82) is 0 Å². The molecule has 0 radical (unpaired) electrons. The molecule has 0 aliphatic heterocycles. The van der Waals surface area contributed by atoms with Gasteiger partial charge in [-0.25, -0.2) is 0 Å². The first kappa shape index (κ1) is 14.5. The normalized spacial score (nSPS) is 10.6. The van der Waals surface area contributed by atoms with Crippen molar-refractivity contribution in [2.45, 2.75) is 33.7 Å². The molecule has 0 amide bonds. The number of benzene rings is 1. The van der Waals surface area contributed by atoms with Gasteiger partial charge in [-0.2, -0.15) is 5.10 Å². The molecule has 106 valence electrons. The van der Waals surface area contributed by atoms with E-state index in [0.29, 0.717) is 5.88 Å². The van der Waals surface area contributed by atoms with E-state index in [0.717, 1.165) is 31.0 Å². The topological polar surface area (TPSA) is 47.0 Å². The average molecular weight is 271 g/mol. The fourth-order valence-corrected chi connectivity index (χ4v) is 2.00. The van der Waals surface area contributed by atoms with Crippen LogP contribution in [0.15, 0.2) is 30.3 Å². The standard InChI is InChI=1S/C16H21N3O/c1-4-7-17-11-14-5-6-16(19-18-14)20-15-9-12(2)8-13(3)10-15/h5-6,8-10,17H,4,7,11H2,1-3H3. The molecule has 4 nitrogen and oxygen atoms in total. The summed E-state index contributed by atoms with van der Waals surface area (Å²) >= 11 is 0. The van der Waals surface area contributed by atoms with Gasteiger partial charge in [-0.05, 0) is 56.1 Å². The molecule has 20 heavy (non-hydrogen) atoms. The Morgan fingerprint density at radius 3 is 2.40 bits per heavy atom. The Kier molecular flexibility index (Phi) is 5.07. The van der Waals surface area contributed by atoms with Crippen molar-refractivity contribution in [3.8, 4) is 11.6 Å². The van der Waals surface area contributed by atoms with E-state index in [1.165, 1.54) is 11.1 Å². The molecule has 1 N–H and O–H groups in total. The molecular formula is C16H21N3O. The van der Waals surface area contributed by atoms with E-state index in [2.05, 4.69) is 28.5 Å². The number of hydrogen-bond donors (Lipinski definition) is 1. The van der Waals surface area contributed by atoms with E-state index in [1.807, 2.05) is 38.1 Å². The Morgan fingerprint density at radius 2 is 1.80 bits per heavy atom. The lowest BCUT2D eigenvalue weighted by Crippen LogP contribution is -2.15. The van der Waals surface area contributed by atoms with Crippen LogP contribution in [0, 0.1) is 13.8 Å². The predicted octanol–water partition coefficient (Wildman–Crippen LogP) is 3.39. The van der Waals surface area contributed by atoms with Crippen molar-refractivity contribution in [1.82, 2.24) is 15.5 Å². The summed E-state index contributed by atoms with van der Waals surface area (Å²) in [6.07, 6.45) is 1.11. The molecule has 0 unspecified atom stereocenters. The third-order valence-corrected chi connectivity index (χ3v) is 2.85. The quantitative estimate of drug-likeness (QED) is 0.818. The number of aromatic nitrogens is 2. The van der Waals surface area contributed by atoms with E-state index < -0.39 is 0 Å². The van der Waals surface area contributed by atoms with E-state index in [4.69, 9.17) is 4.74 Å². The zero-order valence-corrected chi connectivity index (χ0v) is 12.3. The number of rotatable bonds is 6. The fraction of sp³-hybridized carbons (Fsp3) is 0.375. The van der Waals surface area contributed by atoms with Crippen LogP contribution in [0.1, 0.15) is 30.2 Å². The number of ether oxygens (including phenoxy) is 1. The van der Waals surface area contributed by atoms with E-state index in [1.54, 1.807) is 0 Å². The Hall–Kier alpha value is -1.94. The molecule has 4 heteroatoms. The number of aryl methyl sites for hydroxylation is 2. The minimum Gasteiger partial charge on any atom is -0.438 e. The molecule has 2 aromatic rings. The third kappa shape index (κ3) is 4.31. The van der Waals surface area contributed by atoms with Gasteiger partial charge in [0.2, 0.25) is 5.88 Å². The van der Waals surface area contributed by atoms with Gasteiger partial charge in [0.1, 0.15) is 5.75 Å². The first-order valence-electron chi connectivity index (χ1n) is 6.97. The van der Waals surface area contributed by atoms with Crippen LogP contribution < -0.4 is 10.1 Å². The lowest BCUT2D eigenvalue weighted by molar-refractivity contribution is 0.452. The summed E-state index contributed by atoms with van der Waals surface area (Å²) < 4.78 is 5.73. The molecule has 2 rings (SSSR count). The highest BCUT2D eigenvalue weighted by atomic mass is 16.5. The second-order valence-electron chi connectivity index (χ2n) is 4.97. The van der Waals surface area contributed by atoms with Gasteiger partial charge in [-0.3, -0.25) is 0 Å². The highest BCUT2D eigenvalue weighted by Gasteiger charge is 2.02. The van der Waals surface area contributed by atoms with E-state index in [-0.39, 0.29) is 0 Å². The number of hydrogen-bond acceptors (Lipinski definition) is 4. The van der Waals surface area contributed by atoms with Crippen molar-refractivity contribution in [2.75, 3.05) is 6.54 Å². The average Bonchev–Trinajstić information content (AvgIpc) is 2.40. The Labute approximate surface area is 120 Å². The highest BCUT2D eigenvalue weighted by Crippen LogP contribution is 2.21. The number of nitrogens with one attached hydrogen (secondary N) is 1. The summed E-state index contributed by atoms with van der Waals surface area (Å²) in [5.74, 6) is 1.32. The van der Waals surface area contributed by atoms with Crippen LogP contribution in [-0.2, 0) is 6.54 Å². The van der Waals surface area contributed by atoms with Gasteiger partial charge >= 0.3 is 0 Å². The van der Waals surface area contributed by atoms with Crippen LogP contribution in [0.4, 0.5) is 0 Å². The SMILES string of the molecule is CCCNCc1ccc(Oc2cc(C)cc(C)c2)nn1. The van der Waals surface area contributed by atoms with E-state index in [9.17, 15) is 0 Å². The fourth-order valence-electron chi connectivity index (χ4n) is 2.00. The molecule has 1 heterocycles. The maximum Gasteiger partial charge on any atom is 0.238 e. The summed E-state index contributed by atoms with van der Waals surface area (Å²) in [6, 6.07) is 9.89. The van der Waals surface area contributed by atoms with Crippen LogP contribution >= 0.6 is 0 Å². The van der Waals surface area contributed by atoms with Crippen molar-refractivity contribution < 1.29 is 4.74 Å². The summed E-state index contributed by atoms with van der Waals surface area (Å²) in [4.78, 5) is 0. The summed E-state index contributed by atoms with van der Waals surface area (Å²) in [7, 11) is 0. The van der Waals surface area contributed by atoms with Crippen molar-refractivity contribution in [3.63, 3.8) is 0 Å². The predicted molar refractivity (Wildman–Crippen MR) is 80.0 cm³/mol. The van der Waals surface area contributed by atoms with Crippen LogP contribution in [-0.4, -0.2) is 16.7 Å². The van der Waals surface area contributed by atoms with Gasteiger partial charge in [0.25, 0.3) is 0 Å². The second-order valence-corrected chi connectivity index (χ2v) is 4.97. The van der Waals surface area contributed by atoms with Crippen molar-refractivity contribution in [3.05, 3.63) is 47.2 Å². The molecule has 0 aliphatic carbocycles. The molecule has 0 fully saturated rings. The maximum atomic E-state index is 5.73. The summed E-state index contributed by atoms with van der Waals surface area (Å²) in [5, 5.41) is 11.5. The largest absolute Gasteiger partial charge is 0.438 e. The van der Waals surface area contributed by atoms with Gasteiger partial charge in [0.05, 0.1) is 5.69 Å². The van der Waals surface area contributed by atoms with Crippen molar-refractivity contribution in [2.24, 2.45) is 0 Å². The lowest BCUT2D eigenvalue weighted by Gasteiger charge is -2.07. The Morgan fingerprint density at radius 1 is 1.05 bits per heavy atom. The molecule has 0 bridgehead atoms. The van der Waals surface area contributed by atoms with Crippen LogP contribution in [0.2, 0.25) is 0 Å². The molecule has 0 spiro atoms. The van der Waals surface area contributed by atoms with Gasteiger partial charge in [-0.15, -0.1) is 5.10 Å². The molecule has 1 aromatic carbocycles. The van der Waals surface area contributed by atoms with Gasteiger partial charge in [0.15, 0.2) is 0 Å². The first-order chi connectivity index (χ1) is 9.67. The Balaban J connectivity index is 1.99. The van der Waals surface area contributed by atoms with Gasteiger partial charge in [0, 0.05) is 12.6 Å². The van der Waals surface area contributed by atoms with Gasteiger partial charge in [-0.1, -0.05) is 13.0 Å². The summed E-state index contributed by atoms with van der Waals surface area (Å²) in [6.45, 7) is 7.97. The lowest BCUT2D eigenvalue weighted by atomic mass is 10.1. The Bertz CT molecular complexity index is 532. The first-order valence-corrected chi connectivity index (χ1v) is 6.97. The smallest absolute Gasteiger partial charge is 0.238 e. The molecule has 0 atom stereocenters. The monoisotopic (exact) mass is 271 g/mol. The van der Waals surface area contributed by atoms with E-state index >= 15 is 0 Å². The minimum absolute atomic E-state index is 0.522. The van der Waals surface area contributed by atoms with Crippen LogP contribution in [0.3, 0.4) is 0 Å². The third-order valence-electron chi connectivity index (χ3n) is 2.85. The molecule has 0 aliphatic rings. The molecule has 1 aromatic heterocycles. The minimum atomic E-state index is 0.522. The maximum absolute atomic E-state index is 5.73. The molecule has 0 saturated carbocycles. The van der Waals surface area contributed by atoms with Gasteiger partial charge < -0.3 is 10.1 Å². The molecule has 0 saturated heterocycles. The summed E-state index contributed by atoms with van der Waals surface area (Å²) in [5.41, 5.74) is 3.27.